The molecule has 0 spiro atoms. The van der Waals surface area contributed by atoms with Gasteiger partial charge in [-0.1, -0.05) is 12.8 Å². The van der Waals surface area contributed by atoms with Crippen LogP contribution >= 0.6 is 0 Å². The highest BCUT2D eigenvalue weighted by Crippen LogP contribution is 2.35. The Morgan fingerprint density at radius 2 is 1.82 bits per heavy atom. The fraction of sp³-hybridized carbons (Fsp3) is 1.00. The molecule has 1 heterocycles. The van der Waals surface area contributed by atoms with E-state index in [0.717, 1.165) is 18.4 Å². The van der Waals surface area contributed by atoms with Crippen LogP contribution in [0.15, 0.2) is 0 Å². The fourth-order valence-electron chi connectivity index (χ4n) is 3.74. The smallest absolute Gasteiger partial charge is 0.0124 e. The van der Waals surface area contributed by atoms with Gasteiger partial charge in [-0.05, 0) is 71.4 Å². The highest BCUT2D eigenvalue weighted by Gasteiger charge is 2.32. The van der Waals surface area contributed by atoms with Crippen LogP contribution in [0, 0.1) is 5.92 Å². The summed E-state index contributed by atoms with van der Waals surface area (Å²) in [5.74, 6) is 1.02. The van der Waals surface area contributed by atoms with E-state index in [4.69, 9.17) is 5.73 Å². The first kappa shape index (κ1) is 13.4. The maximum atomic E-state index is 6.06. The van der Waals surface area contributed by atoms with E-state index in [9.17, 15) is 0 Å². The number of nitrogens with zero attached hydrogens (tertiary/aromatic N) is 1. The average Bonchev–Trinajstić information content (AvgIpc) is 2.82. The Labute approximate surface area is 107 Å². The highest BCUT2D eigenvalue weighted by molar-refractivity contribution is 4.87. The Balaban J connectivity index is 1.75. The van der Waals surface area contributed by atoms with Crippen molar-refractivity contribution >= 4 is 0 Å². The third-order valence-electron chi connectivity index (χ3n) is 4.62. The van der Waals surface area contributed by atoms with Crippen LogP contribution in [0.4, 0.5) is 0 Å². The minimum Gasteiger partial charge on any atom is -0.326 e. The van der Waals surface area contributed by atoms with Crippen molar-refractivity contribution in [3.05, 3.63) is 0 Å². The second-order valence-electron chi connectivity index (χ2n) is 6.88. The molecule has 0 amide bonds. The minimum absolute atomic E-state index is 0.0164. The molecule has 0 aromatic rings. The standard InChI is InChI=1S/C15H30N2/c1-15(2,16)10-6-12-17-11-5-9-14(17)13-7-3-4-8-13/h13-14H,3-12,16H2,1-2H3. The Hall–Kier alpha value is -0.0800. The normalized spacial score (nSPS) is 28.1. The quantitative estimate of drug-likeness (QED) is 0.797. The molecule has 2 N–H and O–H groups in total. The molecular formula is C15H30N2. The molecule has 17 heavy (non-hydrogen) atoms. The Bertz CT molecular complexity index is 226. The van der Waals surface area contributed by atoms with E-state index in [1.165, 1.54) is 58.0 Å². The van der Waals surface area contributed by atoms with Crippen LogP contribution in [0.3, 0.4) is 0 Å². The first-order chi connectivity index (χ1) is 8.06. The van der Waals surface area contributed by atoms with Crippen molar-refractivity contribution in [2.75, 3.05) is 13.1 Å². The summed E-state index contributed by atoms with van der Waals surface area (Å²) in [6, 6.07) is 0.915. The molecule has 1 aliphatic heterocycles. The van der Waals surface area contributed by atoms with Gasteiger partial charge >= 0.3 is 0 Å². The van der Waals surface area contributed by atoms with E-state index in [-0.39, 0.29) is 5.54 Å². The number of hydrogen-bond acceptors (Lipinski definition) is 2. The van der Waals surface area contributed by atoms with Crippen LogP contribution in [-0.2, 0) is 0 Å². The minimum atomic E-state index is 0.0164. The molecule has 0 aromatic heterocycles. The van der Waals surface area contributed by atoms with Crippen molar-refractivity contribution < 1.29 is 0 Å². The molecule has 0 bridgehead atoms. The number of rotatable bonds is 5. The topological polar surface area (TPSA) is 29.3 Å². The maximum absolute atomic E-state index is 6.06. The summed E-state index contributed by atoms with van der Waals surface area (Å²) in [5.41, 5.74) is 6.07. The molecule has 1 saturated carbocycles. The van der Waals surface area contributed by atoms with Crippen molar-refractivity contribution in [1.29, 1.82) is 0 Å². The summed E-state index contributed by atoms with van der Waals surface area (Å²) in [5, 5.41) is 0. The van der Waals surface area contributed by atoms with E-state index in [1.807, 2.05) is 0 Å². The molecule has 0 radical (unpaired) electrons. The number of likely N-dealkylation sites (tertiary alicyclic amines) is 1. The molecule has 1 unspecified atom stereocenters. The zero-order valence-electron chi connectivity index (χ0n) is 11.8. The lowest BCUT2D eigenvalue weighted by Gasteiger charge is -2.30. The largest absolute Gasteiger partial charge is 0.326 e. The molecular weight excluding hydrogens is 208 g/mol. The van der Waals surface area contributed by atoms with Crippen LogP contribution in [0.5, 0.6) is 0 Å². The molecule has 2 rings (SSSR count). The highest BCUT2D eigenvalue weighted by atomic mass is 15.2. The van der Waals surface area contributed by atoms with Crippen LogP contribution in [0.2, 0.25) is 0 Å². The van der Waals surface area contributed by atoms with E-state index in [0.29, 0.717) is 0 Å². The van der Waals surface area contributed by atoms with Gasteiger partial charge in [0.15, 0.2) is 0 Å². The summed E-state index contributed by atoms with van der Waals surface area (Å²) < 4.78 is 0. The van der Waals surface area contributed by atoms with E-state index in [2.05, 4.69) is 18.7 Å². The van der Waals surface area contributed by atoms with Crippen molar-refractivity contribution in [2.24, 2.45) is 11.7 Å². The number of hydrogen-bond donors (Lipinski definition) is 1. The monoisotopic (exact) mass is 238 g/mol. The van der Waals surface area contributed by atoms with Crippen LogP contribution in [0.1, 0.15) is 65.2 Å². The molecule has 0 aromatic carbocycles. The third kappa shape index (κ3) is 3.96. The van der Waals surface area contributed by atoms with Gasteiger partial charge in [0.1, 0.15) is 0 Å². The molecule has 2 heteroatoms. The summed E-state index contributed by atoms with van der Waals surface area (Å²) in [4.78, 5) is 2.77. The summed E-state index contributed by atoms with van der Waals surface area (Å²) >= 11 is 0. The second kappa shape index (κ2) is 5.71. The summed E-state index contributed by atoms with van der Waals surface area (Å²) in [7, 11) is 0. The van der Waals surface area contributed by atoms with E-state index >= 15 is 0 Å². The van der Waals surface area contributed by atoms with Crippen LogP contribution < -0.4 is 5.73 Å². The maximum Gasteiger partial charge on any atom is 0.0124 e. The number of nitrogens with two attached hydrogens (primary N) is 1. The summed E-state index contributed by atoms with van der Waals surface area (Å²) in [6.45, 7) is 6.91. The first-order valence-electron chi connectivity index (χ1n) is 7.59. The predicted molar refractivity (Wildman–Crippen MR) is 74.1 cm³/mol. The van der Waals surface area contributed by atoms with Gasteiger partial charge in [-0.2, -0.15) is 0 Å². The van der Waals surface area contributed by atoms with Gasteiger partial charge in [-0.15, -0.1) is 0 Å². The first-order valence-corrected chi connectivity index (χ1v) is 7.59. The lowest BCUT2D eigenvalue weighted by molar-refractivity contribution is 0.184. The average molecular weight is 238 g/mol. The van der Waals surface area contributed by atoms with E-state index in [1.54, 1.807) is 0 Å². The molecule has 1 atom stereocenters. The van der Waals surface area contributed by atoms with Crippen molar-refractivity contribution in [1.82, 2.24) is 4.90 Å². The molecule has 2 aliphatic rings. The lowest BCUT2D eigenvalue weighted by Crippen LogP contribution is -2.37. The van der Waals surface area contributed by atoms with Gasteiger partial charge in [-0.25, -0.2) is 0 Å². The Morgan fingerprint density at radius 3 is 2.47 bits per heavy atom. The van der Waals surface area contributed by atoms with Crippen molar-refractivity contribution in [2.45, 2.75) is 76.8 Å². The fourth-order valence-corrected chi connectivity index (χ4v) is 3.74. The molecule has 1 aliphatic carbocycles. The molecule has 2 nitrogen and oxygen atoms in total. The third-order valence-corrected chi connectivity index (χ3v) is 4.62. The molecule has 100 valence electrons. The van der Waals surface area contributed by atoms with Gasteiger partial charge in [0.05, 0.1) is 0 Å². The van der Waals surface area contributed by atoms with Crippen LogP contribution in [-0.4, -0.2) is 29.6 Å². The van der Waals surface area contributed by atoms with Crippen LogP contribution in [0.25, 0.3) is 0 Å². The molecule has 1 saturated heterocycles. The van der Waals surface area contributed by atoms with Crippen molar-refractivity contribution in [3.8, 4) is 0 Å². The van der Waals surface area contributed by atoms with E-state index < -0.39 is 0 Å². The second-order valence-corrected chi connectivity index (χ2v) is 6.88. The Kier molecular flexibility index (Phi) is 4.48. The van der Waals surface area contributed by atoms with Gasteiger partial charge < -0.3 is 10.6 Å². The zero-order chi connectivity index (χ0) is 12.3. The molecule has 2 fully saturated rings. The summed E-state index contributed by atoms with van der Waals surface area (Å²) in [6.07, 6.45) is 11.2. The van der Waals surface area contributed by atoms with Gasteiger partial charge in [0, 0.05) is 11.6 Å². The predicted octanol–water partition coefficient (Wildman–Crippen LogP) is 3.16. The van der Waals surface area contributed by atoms with Crippen molar-refractivity contribution in [3.63, 3.8) is 0 Å². The Morgan fingerprint density at radius 1 is 1.12 bits per heavy atom. The van der Waals surface area contributed by atoms with Gasteiger partial charge in [0.25, 0.3) is 0 Å². The zero-order valence-corrected chi connectivity index (χ0v) is 11.8. The van der Waals surface area contributed by atoms with Gasteiger partial charge in [-0.3, -0.25) is 0 Å². The SMILES string of the molecule is CC(C)(N)CCCN1CCCC1C1CCCC1. The van der Waals surface area contributed by atoms with Gasteiger partial charge in [0.2, 0.25) is 0 Å². The lowest BCUT2D eigenvalue weighted by atomic mass is 9.95.